The number of nitro groups is 1. The molecular formula is C18H27N3O6S2. The molecule has 0 saturated carbocycles. The highest BCUT2D eigenvalue weighted by atomic mass is 32.2. The smallest absolute Gasteiger partial charge is 0.312 e. The van der Waals surface area contributed by atoms with E-state index in [2.05, 4.69) is 13.8 Å². The van der Waals surface area contributed by atoms with Gasteiger partial charge in [0, 0.05) is 32.2 Å². The fourth-order valence-corrected chi connectivity index (χ4v) is 5.45. The Kier molecular flexibility index (Phi) is 8.29. The molecule has 0 N–H and O–H groups in total. The summed E-state index contributed by atoms with van der Waals surface area (Å²) in [6, 6.07) is 3.58. The molecule has 1 aromatic rings. The number of methoxy groups -OCH3 is 1. The molecule has 2 rings (SSSR count). The van der Waals surface area contributed by atoms with Crippen molar-refractivity contribution in [3.63, 3.8) is 0 Å². The number of piperazine rings is 1. The summed E-state index contributed by atoms with van der Waals surface area (Å²) >= 11 is 1.60. The van der Waals surface area contributed by atoms with Crippen LogP contribution < -0.4 is 4.74 Å². The molecule has 0 unspecified atom stereocenters. The number of hydrogen-bond donors (Lipinski definition) is 0. The van der Waals surface area contributed by atoms with E-state index >= 15 is 0 Å². The number of benzene rings is 1. The van der Waals surface area contributed by atoms with E-state index < -0.39 is 20.6 Å². The molecular weight excluding hydrogens is 418 g/mol. The van der Waals surface area contributed by atoms with Crippen LogP contribution in [0.15, 0.2) is 23.1 Å². The zero-order chi connectivity index (χ0) is 21.6. The predicted octanol–water partition coefficient (Wildman–Crippen LogP) is 2.22. The highest BCUT2D eigenvalue weighted by Crippen LogP contribution is 2.30. The molecule has 0 spiro atoms. The van der Waals surface area contributed by atoms with Crippen molar-refractivity contribution in [3.05, 3.63) is 28.3 Å². The molecule has 1 saturated heterocycles. The van der Waals surface area contributed by atoms with Crippen LogP contribution in [0.25, 0.3) is 0 Å². The predicted molar refractivity (Wildman–Crippen MR) is 112 cm³/mol. The number of hydrogen-bond acceptors (Lipinski definition) is 7. The Labute approximate surface area is 175 Å². The third kappa shape index (κ3) is 6.06. The van der Waals surface area contributed by atoms with Crippen molar-refractivity contribution < 1.29 is 22.9 Å². The van der Waals surface area contributed by atoms with Crippen LogP contribution in [0.1, 0.15) is 20.3 Å². The van der Waals surface area contributed by atoms with Gasteiger partial charge in [0.25, 0.3) is 0 Å². The summed E-state index contributed by atoms with van der Waals surface area (Å²) in [6.45, 7) is 5.20. The van der Waals surface area contributed by atoms with E-state index in [1.807, 2.05) is 0 Å². The number of sulfonamides is 1. The van der Waals surface area contributed by atoms with Gasteiger partial charge in [-0.1, -0.05) is 13.8 Å². The second-order valence-electron chi connectivity index (χ2n) is 7.11. The summed E-state index contributed by atoms with van der Waals surface area (Å²) in [5, 5.41) is 11.2. The number of thioether (sulfide) groups is 1. The summed E-state index contributed by atoms with van der Waals surface area (Å²) in [7, 11) is -2.61. The molecule has 0 radical (unpaired) electrons. The van der Waals surface area contributed by atoms with Crippen LogP contribution in [-0.4, -0.2) is 73.2 Å². The standard InChI is InChI=1S/C18H27N3O6S2/c1-14(2)6-11-28-13-18(22)19-7-9-20(10-8-19)29(25,26)15-4-5-17(27-3)16(12-15)21(23)24/h4-5,12,14H,6-11,13H2,1-3H3. The van der Waals surface area contributed by atoms with Gasteiger partial charge in [-0.25, -0.2) is 8.42 Å². The van der Waals surface area contributed by atoms with E-state index in [-0.39, 0.29) is 29.6 Å². The molecule has 0 aliphatic carbocycles. The maximum Gasteiger partial charge on any atom is 0.312 e. The minimum atomic E-state index is -3.89. The summed E-state index contributed by atoms with van der Waals surface area (Å²) in [4.78, 5) is 24.3. The molecule has 29 heavy (non-hydrogen) atoms. The Morgan fingerprint density at radius 1 is 1.28 bits per heavy atom. The van der Waals surface area contributed by atoms with Crippen molar-refractivity contribution in [2.24, 2.45) is 5.92 Å². The van der Waals surface area contributed by atoms with E-state index in [9.17, 15) is 23.3 Å². The van der Waals surface area contributed by atoms with Crippen LogP contribution >= 0.6 is 11.8 Å². The van der Waals surface area contributed by atoms with E-state index in [0.29, 0.717) is 24.8 Å². The normalized spacial score (nSPS) is 15.5. The first kappa shape index (κ1) is 23.4. The van der Waals surface area contributed by atoms with Crippen LogP contribution in [0.5, 0.6) is 5.75 Å². The molecule has 11 heteroatoms. The Morgan fingerprint density at radius 2 is 1.93 bits per heavy atom. The maximum absolute atomic E-state index is 12.9. The molecule has 0 bridgehead atoms. The quantitative estimate of drug-likeness (QED) is 0.326. The Hall–Kier alpha value is -1.85. The topological polar surface area (TPSA) is 110 Å². The van der Waals surface area contributed by atoms with Crippen LogP contribution in [0.2, 0.25) is 0 Å². The van der Waals surface area contributed by atoms with Gasteiger partial charge in [0.1, 0.15) is 0 Å². The minimum absolute atomic E-state index is 0.000618. The van der Waals surface area contributed by atoms with Crippen molar-refractivity contribution in [3.8, 4) is 5.75 Å². The molecule has 1 fully saturated rings. The third-order valence-corrected chi connectivity index (χ3v) is 7.51. The largest absolute Gasteiger partial charge is 0.490 e. The Balaban J connectivity index is 1.98. The van der Waals surface area contributed by atoms with Crippen LogP contribution in [0.4, 0.5) is 5.69 Å². The molecule has 1 aromatic carbocycles. The molecule has 9 nitrogen and oxygen atoms in total. The lowest BCUT2D eigenvalue weighted by Crippen LogP contribution is -2.51. The number of rotatable bonds is 9. The van der Waals surface area contributed by atoms with Gasteiger partial charge in [-0.15, -0.1) is 0 Å². The van der Waals surface area contributed by atoms with Gasteiger partial charge in [0.2, 0.25) is 15.9 Å². The average Bonchev–Trinajstić information content (AvgIpc) is 2.70. The average molecular weight is 446 g/mol. The molecule has 162 valence electrons. The summed E-state index contributed by atoms with van der Waals surface area (Å²) in [5.74, 6) is 1.92. The number of amides is 1. The summed E-state index contributed by atoms with van der Waals surface area (Å²) < 4.78 is 31.9. The van der Waals surface area contributed by atoms with Crippen molar-refractivity contribution in [2.45, 2.75) is 25.2 Å². The first-order valence-corrected chi connectivity index (χ1v) is 11.9. The van der Waals surface area contributed by atoms with Crippen molar-refractivity contribution in [1.82, 2.24) is 9.21 Å². The molecule has 0 atom stereocenters. The van der Waals surface area contributed by atoms with E-state index in [1.165, 1.54) is 23.5 Å². The number of ether oxygens (including phenoxy) is 1. The Morgan fingerprint density at radius 3 is 2.48 bits per heavy atom. The van der Waals surface area contributed by atoms with E-state index in [4.69, 9.17) is 4.74 Å². The number of carbonyl (C=O) groups is 1. The zero-order valence-corrected chi connectivity index (χ0v) is 18.5. The summed E-state index contributed by atoms with van der Waals surface area (Å²) in [6.07, 6.45) is 1.05. The first-order valence-electron chi connectivity index (χ1n) is 9.35. The van der Waals surface area contributed by atoms with Crippen molar-refractivity contribution >= 4 is 33.4 Å². The highest BCUT2D eigenvalue weighted by Gasteiger charge is 2.31. The fourth-order valence-electron chi connectivity index (χ4n) is 2.87. The van der Waals surface area contributed by atoms with Gasteiger partial charge in [-0.3, -0.25) is 14.9 Å². The van der Waals surface area contributed by atoms with Crippen molar-refractivity contribution in [1.29, 1.82) is 0 Å². The second kappa shape index (κ2) is 10.3. The van der Waals surface area contributed by atoms with Gasteiger partial charge >= 0.3 is 5.69 Å². The first-order chi connectivity index (χ1) is 13.7. The number of nitrogens with zero attached hydrogens (tertiary/aromatic N) is 3. The number of carbonyl (C=O) groups excluding carboxylic acids is 1. The van der Waals surface area contributed by atoms with Gasteiger partial charge in [0.15, 0.2) is 5.75 Å². The van der Waals surface area contributed by atoms with Crippen LogP contribution in [-0.2, 0) is 14.8 Å². The van der Waals surface area contributed by atoms with Crippen molar-refractivity contribution in [2.75, 3.05) is 44.8 Å². The maximum atomic E-state index is 12.9. The van der Waals surface area contributed by atoms with Gasteiger partial charge in [-0.2, -0.15) is 16.1 Å². The lowest BCUT2D eigenvalue weighted by molar-refractivity contribution is -0.386. The monoisotopic (exact) mass is 445 g/mol. The summed E-state index contributed by atoms with van der Waals surface area (Å²) in [5.41, 5.74) is -0.402. The van der Waals surface area contributed by atoms with Crippen LogP contribution in [0.3, 0.4) is 0 Å². The van der Waals surface area contributed by atoms with E-state index in [1.54, 1.807) is 16.7 Å². The third-order valence-electron chi connectivity index (χ3n) is 4.64. The lowest BCUT2D eigenvalue weighted by Gasteiger charge is -2.34. The molecule has 1 aliphatic heterocycles. The Bertz CT molecular complexity index is 836. The van der Waals surface area contributed by atoms with Gasteiger partial charge in [-0.05, 0) is 30.2 Å². The molecule has 0 aromatic heterocycles. The second-order valence-corrected chi connectivity index (χ2v) is 10.2. The van der Waals surface area contributed by atoms with Crippen LogP contribution in [0, 0.1) is 16.0 Å². The number of nitro benzene ring substituents is 1. The molecule has 1 aliphatic rings. The highest BCUT2D eigenvalue weighted by molar-refractivity contribution is 7.99. The lowest BCUT2D eigenvalue weighted by atomic mass is 10.2. The zero-order valence-electron chi connectivity index (χ0n) is 16.9. The molecule has 1 heterocycles. The molecule has 1 amide bonds. The van der Waals surface area contributed by atoms with E-state index in [0.717, 1.165) is 18.2 Å². The van der Waals surface area contributed by atoms with Gasteiger partial charge < -0.3 is 9.64 Å². The fraction of sp³-hybridized carbons (Fsp3) is 0.611. The van der Waals surface area contributed by atoms with Gasteiger partial charge in [0.05, 0.1) is 22.7 Å². The SMILES string of the molecule is COc1ccc(S(=O)(=O)N2CCN(C(=O)CSCCC(C)C)CC2)cc1[N+](=O)[O-]. The minimum Gasteiger partial charge on any atom is -0.490 e.